The molecule has 5 aromatic rings. The third kappa shape index (κ3) is 42.3. The summed E-state index contributed by atoms with van der Waals surface area (Å²) in [5.41, 5.74) is 2.83. The lowest BCUT2D eigenvalue weighted by molar-refractivity contribution is 0.0764. The van der Waals surface area contributed by atoms with E-state index in [4.69, 9.17) is 39.7 Å². The number of aliphatic hydroxyl groups is 5. The number of para-hydroxylation sites is 3. The first-order chi connectivity index (χ1) is 30.0. The van der Waals surface area contributed by atoms with Crippen LogP contribution in [0.5, 0.6) is 17.2 Å². The van der Waals surface area contributed by atoms with Crippen LogP contribution in [0, 0.1) is 0 Å². The van der Waals surface area contributed by atoms with Crippen molar-refractivity contribution >= 4 is 0 Å². The Balaban J connectivity index is -0.000000128. The van der Waals surface area contributed by atoms with Crippen molar-refractivity contribution in [2.45, 2.75) is 105 Å². The molecule has 5 rings (SSSR count). The number of ether oxygens (including phenoxy) is 5. The van der Waals surface area contributed by atoms with Gasteiger partial charge in [-0.3, -0.25) is 0 Å². The molecule has 0 saturated heterocycles. The molecule has 10 nitrogen and oxygen atoms in total. The molecule has 0 saturated carbocycles. The fourth-order valence-electron chi connectivity index (χ4n) is 4.36. The van der Waals surface area contributed by atoms with Crippen molar-refractivity contribution in [2.75, 3.05) is 47.3 Å². The maximum absolute atomic E-state index is 8.89. The standard InChI is InChI=1S/3C9H12O2.2C9H12.2C4H10O2.5H2/c3*1-8(10)7-11-9-5-3-2-4-6-9;2*1-8(2)9-6-4-3-5-7-9;2*1-4(5)3-6-2;;;;;/h3*2-6,8,10H,7H2,1H3;2*3-8H,1-2H3;2*4-5H,3H2,1-2H3;5*1H. The second kappa shape index (κ2) is 41.2. The summed E-state index contributed by atoms with van der Waals surface area (Å²) in [6.07, 6.45) is -1.87. The third-order valence-electron chi connectivity index (χ3n) is 7.45. The predicted octanol–water partition coefficient (Wildman–Crippen LogP) is 11.2. The lowest BCUT2D eigenvalue weighted by Gasteiger charge is -2.06. The summed E-state index contributed by atoms with van der Waals surface area (Å²) in [7, 11) is 3.12. The van der Waals surface area contributed by atoms with Gasteiger partial charge in [-0.05, 0) is 94.0 Å². The number of hydrogen-bond acceptors (Lipinski definition) is 10. The zero-order valence-corrected chi connectivity index (χ0v) is 39.8. The minimum atomic E-state index is -0.407. The van der Waals surface area contributed by atoms with E-state index in [1.165, 1.54) is 11.1 Å². The summed E-state index contributed by atoms with van der Waals surface area (Å²) in [6.45, 7) is 19.2. The zero-order chi connectivity index (χ0) is 47.7. The fourth-order valence-corrected chi connectivity index (χ4v) is 4.36. The number of rotatable bonds is 15. The van der Waals surface area contributed by atoms with E-state index in [2.05, 4.69) is 85.7 Å². The van der Waals surface area contributed by atoms with Gasteiger partial charge in [0, 0.05) is 21.4 Å². The maximum Gasteiger partial charge on any atom is 0.119 e. The van der Waals surface area contributed by atoms with Gasteiger partial charge in [0.25, 0.3) is 0 Å². The second-order valence-electron chi connectivity index (χ2n) is 15.2. The summed E-state index contributed by atoms with van der Waals surface area (Å²) in [5.74, 6) is 3.72. The van der Waals surface area contributed by atoms with Crippen molar-refractivity contribution in [1.29, 1.82) is 0 Å². The minimum absolute atomic E-state index is 0. The number of aliphatic hydroxyl groups excluding tert-OH is 5. The molecule has 5 N–H and O–H groups in total. The SMILES string of the molecule is CC(C)c1ccccc1.CC(C)c1ccccc1.CC(O)COc1ccccc1.CC(O)COc1ccccc1.CC(O)COc1ccccc1.COCC(C)O.COCC(C)O.[HH].[HH].[HH].[HH].[HH]. The summed E-state index contributed by atoms with van der Waals surface area (Å²) < 4.78 is 24.8. The van der Waals surface area contributed by atoms with Crippen LogP contribution in [-0.2, 0) is 9.47 Å². The smallest absolute Gasteiger partial charge is 0.119 e. The highest BCUT2D eigenvalue weighted by Crippen LogP contribution is 2.13. The van der Waals surface area contributed by atoms with Gasteiger partial charge in [-0.15, -0.1) is 0 Å². The van der Waals surface area contributed by atoms with E-state index < -0.39 is 18.3 Å². The minimum Gasteiger partial charge on any atom is -0.491 e. The molecule has 5 unspecified atom stereocenters. The van der Waals surface area contributed by atoms with Crippen LogP contribution in [0.25, 0.3) is 0 Å². The Morgan fingerprint density at radius 3 is 0.635 bits per heavy atom. The Bertz CT molecular complexity index is 1480. The summed E-state index contributed by atoms with van der Waals surface area (Å²) >= 11 is 0. The van der Waals surface area contributed by atoms with Crippen LogP contribution >= 0.6 is 0 Å². The molecule has 5 aromatic carbocycles. The molecule has 362 valence electrons. The Labute approximate surface area is 387 Å². The topological polar surface area (TPSA) is 147 Å². The Morgan fingerprint density at radius 1 is 0.317 bits per heavy atom. The Kier molecular flexibility index (Phi) is 39.5. The molecular formula is C53H90O10. The van der Waals surface area contributed by atoms with E-state index in [-0.39, 0.29) is 19.3 Å². The van der Waals surface area contributed by atoms with Gasteiger partial charge in [-0.2, -0.15) is 0 Å². The zero-order valence-electron chi connectivity index (χ0n) is 39.8. The third-order valence-corrected chi connectivity index (χ3v) is 7.45. The number of methoxy groups -OCH3 is 2. The highest BCUT2D eigenvalue weighted by Gasteiger charge is 1.98. The van der Waals surface area contributed by atoms with E-state index in [0.717, 1.165) is 17.2 Å². The Hall–Kier alpha value is -4.78. The van der Waals surface area contributed by atoms with Crippen LogP contribution in [-0.4, -0.2) is 103 Å². The van der Waals surface area contributed by atoms with Gasteiger partial charge in [0.15, 0.2) is 0 Å². The Morgan fingerprint density at radius 2 is 0.508 bits per heavy atom. The molecule has 0 aliphatic heterocycles. The van der Waals surface area contributed by atoms with Crippen LogP contribution in [0.3, 0.4) is 0 Å². The number of benzene rings is 5. The molecule has 0 spiro atoms. The first-order valence-electron chi connectivity index (χ1n) is 21.5. The molecule has 0 aromatic heterocycles. The molecule has 0 aliphatic rings. The van der Waals surface area contributed by atoms with Crippen LogP contribution in [0.4, 0.5) is 0 Å². The van der Waals surface area contributed by atoms with E-state index in [9.17, 15) is 0 Å². The molecule has 5 atom stereocenters. The van der Waals surface area contributed by atoms with E-state index >= 15 is 0 Å². The van der Waals surface area contributed by atoms with Gasteiger partial charge in [0.1, 0.15) is 37.1 Å². The molecule has 10 heteroatoms. The van der Waals surface area contributed by atoms with Crippen molar-refractivity contribution in [2.24, 2.45) is 0 Å². The molecule has 0 amide bonds. The van der Waals surface area contributed by atoms with E-state index in [1.54, 1.807) is 48.8 Å². The molecular weight excluding hydrogens is 797 g/mol. The molecule has 63 heavy (non-hydrogen) atoms. The van der Waals surface area contributed by atoms with Crippen LogP contribution in [0.1, 0.15) is 92.4 Å². The largest absolute Gasteiger partial charge is 0.491 e. The van der Waals surface area contributed by atoms with Crippen molar-refractivity contribution < 1.29 is 56.4 Å². The van der Waals surface area contributed by atoms with Crippen molar-refractivity contribution in [1.82, 2.24) is 0 Å². The summed E-state index contributed by atoms with van der Waals surface area (Å²) in [4.78, 5) is 0. The van der Waals surface area contributed by atoms with Gasteiger partial charge in [0.2, 0.25) is 0 Å². The fraction of sp³-hybridized carbons (Fsp3) is 0.434. The van der Waals surface area contributed by atoms with Gasteiger partial charge in [0.05, 0.1) is 43.7 Å². The van der Waals surface area contributed by atoms with Gasteiger partial charge in [-0.1, -0.05) is 143 Å². The van der Waals surface area contributed by atoms with Gasteiger partial charge < -0.3 is 49.2 Å². The van der Waals surface area contributed by atoms with Gasteiger partial charge in [-0.25, -0.2) is 0 Å². The quantitative estimate of drug-likeness (QED) is 0.0688. The number of hydrogen-bond donors (Lipinski definition) is 5. The van der Waals surface area contributed by atoms with Crippen LogP contribution < -0.4 is 14.2 Å². The summed E-state index contributed by atoms with van der Waals surface area (Å²) in [6, 6.07) is 49.4. The average molecular weight is 887 g/mol. The molecule has 0 aliphatic carbocycles. The predicted molar refractivity (Wildman–Crippen MR) is 270 cm³/mol. The van der Waals surface area contributed by atoms with Crippen LogP contribution in [0.2, 0.25) is 0 Å². The van der Waals surface area contributed by atoms with Crippen LogP contribution in [0.15, 0.2) is 152 Å². The average Bonchev–Trinajstić information content (AvgIpc) is 3.27. The lowest BCUT2D eigenvalue weighted by atomic mass is 10.0. The maximum atomic E-state index is 8.89. The van der Waals surface area contributed by atoms with Gasteiger partial charge >= 0.3 is 0 Å². The monoisotopic (exact) mass is 887 g/mol. The lowest BCUT2D eigenvalue weighted by Crippen LogP contribution is -2.12. The highest BCUT2D eigenvalue weighted by molar-refractivity contribution is 5.22. The van der Waals surface area contributed by atoms with Crippen molar-refractivity contribution in [3.05, 3.63) is 163 Å². The van der Waals surface area contributed by atoms with E-state index in [1.807, 2.05) is 103 Å². The van der Waals surface area contributed by atoms with Crippen molar-refractivity contribution in [3.63, 3.8) is 0 Å². The highest BCUT2D eigenvalue weighted by atomic mass is 16.5. The normalized spacial score (nSPS) is 12.2. The molecule has 0 bridgehead atoms. The molecule has 0 radical (unpaired) electrons. The summed E-state index contributed by atoms with van der Waals surface area (Å²) in [5, 5.41) is 43.5. The second-order valence-corrected chi connectivity index (χ2v) is 15.2. The van der Waals surface area contributed by atoms with Crippen molar-refractivity contribution in [3.8, 4) is 17.2 Å². The molecule has 0 heterocycles. The first kappa shape index (κ1) is 60.3. The van der Waals surface area contributed by atoms with E-state index in [0.29, 0.717) is 44.9 Å². The first-order valence-corrected chi connectivity index (χ1v) is 21.5. The molecule has 0 fully saturated rings.